The normalized spacial score (nSPS) is 10.4. The van der Waals surface area contributed by atoms with Crippen molar-refractivity contribution in [1.29, 1.82) is 0 Å². The lowest BCUT2D eigenvalue weighted by Gasteiger charge is -2.02. The van der Waals surface area contributed by atoms with E-state index in [2.05, 4.69) is 20.6 Å². The zero-order valence-corrected chi connectivity index (χ0v) is 11.5. The van der Waals surface area contributed by atoms with E-state index in [1.807, 2.05) is 25.1 Å². The number of nitrogens with zero attached hydrogens (tertiary/aromatic N) is 2. The number of thiazole rings is 1. The third-order valence-electron chi connectivity index (χ3n) is 2.45. The second-order valence-corrected chi connectivity index (χ2v) is 4.88. The molecule has 0 fully saturated rings. The van der Waals surface area contributed by atoms with Crippen LogP contribution in [-0.4, -0.2) is 35.5 Å². The molecule has 6 heteroatoms. The molecular weight excluding hydrogens is 260 g/mol. The van der Waals surface area contributed by atoms with Crippen molar-refractivity contribution in [3.05, 3.63) is 35.5 Å². The van der Waals surface area contributed by atoms with Gasteiger partial charge in [0.15, 0.2) is 0 Å². The van der Waals surface area contributed by atoms with Crippen LogP contribution in [0.3, 0.4) is 0 Å². The van der Waals surface area contributed by atoms with E-state index in [0.717, 1.165) is 23.8 Å². The first-order valence-corrected chi connectivity index (χ1v) is 6.99. The van der Waals surface area contributed by atoms with Crippen molar-refractivity contribution >= 4 is 17.2 Å². The summed E-state index contributed by atoms with van der Waals surface area (Å²) in [5.74, 6) is -0.0856. The highest BCUT2D eigenvalue weighted by molar-refractivity contribution is 7.16. The van der Waals surface area contributed by atoms with Crippen molar-refractivity contribution in [3.63, 3.8) is 0 Å². The van der Waals surface area contributed by atoms with Crippen LogP contribution in [0.2, 0.25) is 0 Å². The number of hydrogen-bond acceptors (Lipinski definition) is 5. The Morgan fingerprint density at radius 3 is 2.95 bits per heavy atom. The summed E-state index contributed by atoms with van der Waals surface area (Å²) in [6, 6.07) is 5.64. The van der Waals surface area contributed by atoms with Gasteiger partial charge >= 0.3 is 0 Å². The van der Waals surface area contributed by atoms with Gasteiger partial charge in [-0.1, -0.05) is 13.0 Å². The molecule has 2 N–H and O–H groups in total. The van der Waals surface area contributed by atoms with E-state index in [-0.39, 0.29) is 5.91 Å². The molecule has 2 heterocycles. The lowest BCUT2D eigenvalue weighted by atomic mass is 10.4. The molecule has 2 rings (SSSR count). The van der Waals surface area contributed by atoms with Gasteiger partial charge in [-0.2, -0.15) is 0 Å². The molecule has 2 aromatic heterocycles. The smallest absolute Gasteiger partial charge is 0.263 e. The van der Waals surface area contributed by atoms with Crippen LogP contribution in [-0.2, 0) is 0 Å². The summed E-state index contributed by atoms with van der Waals surface area (Å²) in [6.45, 7) is 4.32. The van der Waals surface area contributed by atoms with Gasteiger partial charge in [0.2, 0.25) is 0 Å². The topological polar surface area (TPSA) is 66.9 Å². The Morgan fingerprint density at radius 2 is 2.21 bits per heavy atom. The average molecular weight is 276 g/mol. The molecule has 0 unspecified atom stereocenters. The van der Waals surface area contributed by atoms with Crippen LogP contribution in [0.25, 0.3) is 10.7 Å². The Balaban J connectivity index is 1.95. The quantitative estimate of drug-likeness (QED) is 0.786. The zero-order valence-electron chi connectivity index (χ0n) is 10.7. The van der Waals surface area contributed by atoms with Crippen molar-refractivity contribution in [1.82, 2.24) is 20.6 Å². The van der Waals surface area contributed by atoms with Crippen LogP contribution in [0, 0.1) is 0 Å². The van der Waals surface area contributed by atoms with Crippen LogP contribution >= 0.6 is 11.3 Å². The predicted octanol–water partition coefficient (Wildman–Crippen LogP) is 1.54. The molecule has 0 atom stereocenters. The van der Waals surface area contributed by atoms with Gasteiger partial charge in [0.05, 0.1) is 11.9 Å². The molecule has 5 nitrogen and oxygen atoms in total. The number of hydrogen-bond donors (Lipinski definition) is 2. The number of carbonyl (C=O) groups is 1. The molecule has 0 spiro atoms. The largest absolute Gasteiger partial charge is 0.350 e. The number of amides is 1. The molecule has 0 saturated carbocycles. The highest BCUT2D eigenvalue weighted by Crippen LogP contribution is 2.22. The maximum Gasteiger partial charge on any atom is 0.263 e. The van der Waals surface area contributed by atoms with E-state index in [4.69, 9.17) is 0 Å². The van der Waals surface area contributed by atoms with Crippen LogP contribution in [0.1, 0.15) is 16.6 Å². The molecule has 19 heavy (non-hydrogen) atoms. The number of pyridine rings is 1. The monoisotopic (exact) mass is 276 g/mol. The highest BCUT2D eigenvalue weighted by atomic mass is 32.1. The molecule has 0 aliphatic heterocycles. The maximum absolute atomic E-state index is 11.9. The summed E-state index contributed by atoms with van der Waals surface area (Å²) >= 11 is 1.35. The first-order chi connectivity index (χ1) is 9.31. The number of aromatic nitrogens is 2. The van der Waals surface area contributed by atoms with Gasteiger partial charge in [0.25, 0.3) is 5.91 Å². The molecule has 100 valence electrons. The first-order valence-electron chi connectivity index (χ1n) is 6.17. The van der Waals surface area contributed by atoms with E-state index in [1.54, 1.807) is 12.4 Å². The van der Waals surface area contributed by atoms with Crippen molar-refractivity contribution in [2.75, 3.05) is 19.6 Å². The van der Waals surface area contributed by atoms with Crippen molar-refractivity contribution in [2.24, 2.45) is 0 Å². The van der Waals surface area contributed by atoms with Crippen molar-refractivity contribution in [2.45, 2.75) is 6.92 Å². The lowest BCUT2D eigenvalue weighted by Crippen LogP contribution is -2.31. The summed E-state index contributed by atoms with van der Waals surface area (Å²) in [4.78, 5) is 20.9. The van der Waals surface area contributed by atoms with Crippen LogP contribution < -0.4 is 10.6 Å². The lowest BCUT2D eigenvalue weighted by molar-refractivity contribution is 0.0958. The third-order valence-corrected chi connectivity index (χ3v) is 3.47. The Morgan fingerprint density at radius 1 is 1.32 bits per heavy atom. The van der Waals surface area contributed by atoms with Crippen LogP contribution in [0.5, 0.6) is 0 Å². The summed E-state index contributed by atoms with van der Waals surface area (Å²) in [7, 11) is 0. The molecule has 0 saturated heterocycles. The zero-order chi connectivity index (χ0) is 13.5. The number of carbonyl (C=O) groups excluding carboxylic acids is 1. The van der Waals surface area contributed by atoms with Crippen LogP contribution in [0.15, 0.2) is 30.6 Å². The predicted molar refractivity (Wildman–Crippen MR) is 76.2 cm³/mol. The highest BCUT2D eigenvalue weighted by Gasteiger charge is 2.11. The minimum atomic E-state index is -0.0856. The minimum absolute atomic E-state index is 0.0856. The first kappa shape index (κ1) is 13.6. The number of likely N-dealkylation sites (N-methyl/N-ethyl adjacent to an activating group) is 1. The summed E-state index contributed by atoms with van der Waals surface area (Å²) in [6.07, 6.45) is 3.31. The van der Waals surface area contributed by atoms with Gasteiger partial charge in [-0.05, 0) is 18.7 Å². The molecule has 0 bridgehead atoms. The average Bonchev–Trinajstić information content (AvgIpc) is 2.94. The van der Waals surface area contributed by atoms with Gasteiger partial charge in [-0.25, -0.2) is 4.98 Å². The Kier molecular flexibility index (Phi) is 5.00. The number of nitrogens with one attached hydrogen (secondary N) is 2. The second kappa shape index (κ2) is 6.96. The van der Waals surface area contributed by atoms with Gasteiger partial charge in [-0.15, -0.1) is 11.3 Å². The van der Waals surface area contributed by atoms with Gasteiger partial charge < -0.3 is 10.6 Å². The molecule has 0 radical (unpaired) electrons. The van der Waals surface area contributed by atoms with E-state index in [1.165, 1.54) is 11.3 Å². The van der Waals surface area contributed by atoms with Gasteiger partial charge in [0, 0.05) is 19.3 Å². The summed E-state index contributed by atoms with van der Waals surface area (Å²) in [5, 5.41) is 6.76. The van der Waals surface area contributed by atoms with Gasteiger partial charge in [-0.3, -0.25) is 9.78 Å². The Bertz CT molecular complexity index is 526. The van der Waals surface area contributed by atoms with Crippen molar-refractivity contribution in [3.8, 4) is 10.7 Å². The summed E-state index contributed by atoms with van der Waals surface area (Å²) < 4.78 is 0. The number of rotatable bonds is 6. The fourth-order valence-electron chi connectivity index (χ4n) is 1.52. The van der Waals surface area contributed by atoms with E-state index in [0.29, 0.717) is 11.4 Å². The molecular formula is C13H16N4OS. The maximum atomic E-state index is 11.9. The Labute approximate surface area is 116 Å². The Hall–Kier alpha value is -1.79. The molecule has 0 aliphatic rings. The van der Waals surface area contributed by atoms with E-state index >= 15 is 0 Å². The van der Waals surface area contributed by atoms with E-state index in [9.17, 15) is 4.79 Å². The fourth-order valence-corrected chi connectivity index (χ4v) is 2.32. The van der Waals surface area contributed by atoms with Crippen molar-refractivity contribution < 1.29 is 4.79 Å². The van der Waals surface area contributed by atoms with Gasteiger partial charge in [0.1, 0.15) is 9.88 Å². The summed E-state index contributed by atoms with van der Waals surface area (Å²) in [5.41, 5.74) is 0.791. The molecule has 1 amide bonds. The standard InChI is InChI=1S/C13H16N4OS/c1-2-14-7-8-16-12(18)11-9-17-13(19-11)10-5-3-4-6-15-10/h3-6,9,14H,2,7-8H2,1H3,(H,16,18). The minimum Gasteiger partial charge on any atom is -0.350 e. The molecule has 0 aliphatic carbocycles. The van der Waals surface area contributed by atoms with Crippen LogP contribution in [0.4, 0.5) is 0 Å². The molecule has 0 aromatic carbocycles. The van der Waals surface area contributed by atoms with E-state index < -0.39 is 0 Å². The SMILES string of the molecule is CCNCCNC(=O)c1cnc(-c2ccccn2)s1. The fraction of sp³-hybridized carbons (Fsp3) is 0.308. The third kappa shape index (κ3) is 3.84. The molecule has 2 aromatic rings. The second-order valence-electron chi connectivity index (χ2n) is 3.85.